The molecule has 1 unspecified atom stereocenters. The minimum atomic E-state index is -2.96. The minimum absolute atomic E-state index is 0.0599. The predicted molar refractivity (Wildman–Crippen MR) is 65.6 cm³/mol. The fraction of sp³-hybridized carbons (Fsp3) is 0.909. The van der Waals surface area contributed by atoms with E-state index in [0.717, 1.165) is 12.8 Å². The molecule has 1 fully saturated rings. The van der Waals surface area contributed by atoms with E-state index in [9.17, 15) is 13.2 Å². The highest BCUT2D eigenvalue weighted by Gasteiger charge is 2.30. The second kappa shape index (κ2) is 6.35. The van der Waals surface area contributed by atoms with E-state index in [2.05, 4.69) is 6.92 Å². The predicted octanol–water partition coefficient (Wildman–Crippen LogP) is 0.449. The molecule has 0 aromatic heterocycles. The molecular formula is C11H21NO4S. The van der Waals surface area contributed by atoms with Crippen molar-refractivity contribution in [3.8, 4) is 0 Å². The number of carbonyl (C=O) groups is 1. The Morgan fingerprint density at radius 2 is 2.18 bits per heavy atom. The van der Waals surface area contributed by atoms with Crippen molar-refractivity contribution in [2.24, 2.45) is 0 Å². The van der Waals surface area contributed by atoms with Crippen molar-refractivity contribution in [3.63, 3.8) is 0 Å². The first-order valence-electron chi connectivity index (χ1n) is 6.04. The molecule has 5 nitrogen and oxygen atoms in total. The van der Waals surface area contributed by atoms with Gasteiger partial charge in [-0.25, -0.2) is 8.42 Å². The summed E-state index contributed by atoms with van der Waals surface area (Å²) in [4.78, 5) is 13.4. The monoisotopic (exact) mass is 263 g/mol. The van der Waals surface area contributed by atoms with Gasteiger partial charge in [0.05, 0.1) is 11.5 Å². The lowest BCUT2D eigenvalue weighted by Gasteiger charge is -2.33. The third kappa shape index (κ3) is 4.63. The highest BCUT2D eigenvalue weighted by molar-refractivity contribution is 7.91. The zero-order valence-corrected chi connectivity index (χ0v) is 11.3. The van der Waals surface area contributed by atoms with E-state index >= 15 is 0 Å². The zero-order chi connectivity index (χ0) is 12.9. The lowest BCUT2D eigenvalue weighted by Crippen LogP contribution is -2.50. The lowest BCUT2D eigenvalue weighted by atomic mass is 10.3. The summed E-state index contributed by atoms with van der Waals surface area (Å²) in [5.41, 5.74) is 0. The summed E-state index contributed by atoms with van der Waals surface area (Å²) >= 11 is 0. The molecule has 1 atom stereocenters. The highest BCUT2D eigenvalue weighted by atomic mass is 32.2. The Balaban J connectivity index is 2.37. The fourth-order valence-corrected chi connectivity index (χ4v) is 3.41. The Kier molecular flexibility index (Phi) is 5.39. The van der Waals surface area contributed by atoms with Gasteiger partial charge in [-0.2, -0.15) is 0 Å². The molecule has 1 aliphatic rings. The summed E-state index contributed by atoms with van der Waals surface area (Å²) in [6.45, 7) is 4.76. The van der Waals surface area contributed by atoms with Crippen LogP contribution in [0.1, 0.15) is 26.7 Å². The van der Waals surface area contributed by atoms with Gasteiger partial charge in [-0.3, -0.25) is 4.79 Å². The maximum Gasteiger partial charge on any atom is 0.248 e. The Hall–Kier alpha value is -0.620. The van der Waals surface area contributed by atoms with Crippen LogP contribution in [0.3, 0.4) is 0 Å². The number of unbranched alkanes of at least 4 members (excludes halogenated alkanes) is 1. The van der Waals surface area contributed by atoms with Crippen molar-refractivity contribution in [1.82, 2.24) is 4.90 Å². The molecule has 0 radical (unpaired) electrons. The van der Waals surface area contributed by atoms with Crippen molar-refractivity contribution in [2.75, 3.05) is 31.3 Å². The second-order valence-corrected chi connectivity index (χ2v) is 6.69. The molecule has 1 saturated heterocycles. The number of hydrogen-bond acceptors (Lipinski definition) is 4. The number of sulfone groups is 1. The molecular weight excluding hydrogens is 242 g/mol. The first-order chi connectivity index (χ1) is 7.96. The van der Waals surface area contributed by atoms with Crippen LogP contribution in [-0.4, -0.2) is 56.5 Å². The molecule has 0 bridgehead atoms. The van der Waals surface area contributed by atoms with Crippen LogP contribution in [0, 0.1) is 0 Å². The molecule has 100 valence electrons. The van der Waals surface area contributed by atoms with Gasteiger partial charge >= 0.3 is 0 Å². The third-order valence-electron chi connectivity index (χ3n) is 2.86. The van der Waals surface area contributed by atoms with Crippen LogP contribution in [0.15, 0.2) is 0 Å². The van der Waals surface area contributed by atoms with Crippen LogP contribution in [-0.2, 0) is 19.4 Å². The maximum atomic E-state index is 11.8. The van der Waals surface area contributed by atoms with E-state index in [1.54, 1.807) is 11.8 Å². The van der Waals surface area contributed by atoms with E-state index in [1.165, 1.54) is 0 Å². The fourth-order valence-electron chi connectivity index (χ4n) is 1.86. The summed E-state index contributed by atoms with van der Waals surface area (Å²) in [5.74, 6) is 0.0228. The molecule has 0 aromatic carbocycles. The highest BCUT2D eigenvalue weighted by Crippen LogP contribution is 2.11. The van der Waals surface area contributed by atoms with Crippen molar-refractivity contribution in [1.29, 1.82) is 0 Å². The zero-order valence-electron chi connectivity index (χ0n) is 10.5. The Morgan fingerprint density at radius 1 is 1.47 bits per heavy atom. The number of ether oxygens (including phenoxy) is 1. The summed E-state index contributed by atoms with van der Waals surface area (Å²) in [6, 6.07) is -0.240. The summed E-state index contributed by atoms with van der Waals surface area (Å²) in [5, 5.41) is 0. The van der Waals surface area contributed by atoms with Crippen LogP contribution >= 0.6 is 0 Å². The minimum Gasteiger partial charge on any atom is -0.372 e. The first kappa shape index (κ1) is 14.4. The van der Waals surface area contributed by atoms with Crippen LogP contribution in [0.4, 0.5) is 0 Å². The molecule has 0 spiro atoms. The quantitative estimate of drug-likeness (QED) is 0.676. The first-order valence-corrected chi connectivity index (χ1v) is 7.86. The molecule has 0 aliphatic carbocycles. The average molecular weight is 263 g/mol. The summed E-state index contributed by atoms with van der Waals surface area (Å²) < 4.78 is 28.0. The third-order valence-corrected chi connectivity index (χ3v) is 4.65. The number of hydrogen-bond donors (Lipinski definition) is 0. The Morgan fingerprint density at radius 3 is 2.76 bits per heavy atom. The van der Waals surface area contributed by atoms with Gasteiger partial charge in [0, 0.05) is 19.2 Å². The topological polar surface area (TPSA) is 63.7 Å². The van der Waals surface area contributed by atoms with Gasteiger partial charge < -0.3 is 9.64 Å². The average Bonchev–Trinajstić information content (AvgIpc) is 2.23. The number of nitrogens with zero attached hydrogens (tertiary/aromatic N) is 1. The second-order valence-electron chi connectivity index (χ2n) is 4.46. The largest absolute Gasteiger partial charge is 0.372 e. The van der Waals surface area contributed by atoms with Crippen LogP contribution < -0.4 is 0 Å². The molecule has 0 N–H and O–H groups in total. The van der Waals surface area contributed by atoms with Crippen LogP contribution in [0.25, 0.3) is 0 Å². The summed E-state index contributed by atoms with van der Waals surface area (Å²) in [6.07, 6.45) is 1.98. The SMILES string of the molecule is CCCCOCC(=O)N1CCS(=O)(=O)CC1C. The summed E-state index contributed by atoms with van der Waals surface area (Å²) in [7, 11) is -2.96. The number of carbonyl (C=O) groups excluding carboxylic acids is 1. The maximum absolute atomic E-state index is 11.8. The van der Waals surface area contributed by atoms with Gasteiger partial charge in [-0.05, 0) is 13.3 Å². The normalized spacial score (nSPS) is 23.6. The molecule has 17 heavy (non-hydrogen) atoms. The van der Waals surface area contributed by atoms with E-state index in [4.69, 9.17) is 4.74 Å². The molecule has 1 heterocycles. The molecule has 1 aliphatic heterocycles. The molecule has 6 heteroatoms. The van der Waals surface area contributed by atoms with Gasteiger partial charge in [-0.15, -0.1) is 0 Å². The smallest absolute Gasteiger partial charge is 0.248 e. The Labute approximate surface area is 103 Å². The van der Waals surface area contributed by atoms with Crippen LogP contribution in [0.5, 0.6) is 0 Å². The van der Waals surface area contributed by atoms with E-state index < -0.39 is 9.84 Å². The van der Waals surface area contributed by atoms with Gasteiger partial charge in [-0.1, -0.05) is 13.3 Å². The van der Waals surface area contributed by atoms with E-state index in [-0.39, 0.29) is 30.1 Å². The molecule has 1 rings (SSSR count). The standard InChI is InChI=1S/C11H21NO4S/c1-3-4-6-16-8-11(13)12-5-7-17(14,15)9-10(12)2/h10H,3-9H2,1-2H3. The molecule has 0 saturated carbocycles. The Bertz CT molecular complexity index is 352. The van der Waals surface area contributed by atoms with Gasteiger partial charge in [0.25, 0.3) is 0 Å². The van der Waals surface area contributed by atoms with Crippen LogP contribution in [0.2, 0.25) is 0 Å². The number of rotatable bonds is 5. The molecule has 1 amide bonds. The van der Waals surface area contributed by atoms with Gasteiger partial charge in [0.15, 0.2) is 9.84 Å². The van der Waals surface area contributed by atoms with Gasteiger partial charge in [0.1, 0.15) is 6.61 Å². The van der Waals surface area contributed by atoms with E-state index in [0.29, 0.717) is 13.2 Å². The van der Waals surface area contributed by atoms with Crippen molar-refractivity contribution < 1.29 is 17.9 Å². The van der Waals surface area contributed by atoms with E-state index in [1.807, 2.05) is 0 Å². The van der Waals surface area contributed by atoms with Gasteiger partial charge in [0.2, 0.25) is 5.91 Å². The van der Waals surface area contributed by atoms with Crippen molar-refractivity contribution >= 4 is 15.7 Å². The lowest BCUT2D eigenvalue weighted by molar-refractivity contribution is -0.137. The molecule has 0 aromatic rings. The number of amides is 1. The van der Waals surface area contributed by atoms with Crippen molar-refractivity contribution in [2.45, 2.75) is 32.7 Å². The van der Waals surface area contributed by atoms with Crippen molar-refractivity contribution in [3.05, 3.63) is 0 Å².